The summed E-state index contributed by atoms with van der Waals surface area (Å²) in [6.07, 6.45) is -6.57. The Hall–Kier alpha value is -0.850. The summed E-state index contributed by atoms with van der Waals surface area (Å²) in [6, 6.07) is -0.920. The van der Waals surface area contributed by atoms with Gasteiger partial charge in [-0.2, -0.15) is 0 Å². The Kier molecular flexibility index (Phi) is 7.95. The highest BCUT2D eigenvalue weighted by Crippen LogP contribution is 2.34. The van der Waals surface area contributed by atoms with E-state index >= 15 is 0 Å². The molecule has 2 heterocycles. The van der Waals surface area contributed by atoms with Crippen LogP contribution in [-0.4, -0.2) is 95.8 Å². The van der Waals surface area contributed by atoms with E-state index in [2.05, 4.69) is 5.32 Å². The summed E-state index contributed by atoms with van der Waals surface area (Å²) >= 11 is 0. The average molecular weight is 393 g/mol. The number of methoxy groups -OCH3 is 1. The van der Waals surface area contributed by atoms with Crippen LogP contribution in [-0.2, 0) is 23.7 Å². The van der Waals surface area contributed by atoms with Gasteiger partial charge in [0.2, 0.25) is 5.91 Å². The van der Waals surface area contributed by atoms with Crippen molar-refractivity contribution in [3.8, 4) is 0 Å². The number of rotatable bonds is 6. The van der Waals surface area contributed by atoms with Crippen molar-refractivity contribution < 1.29 is 44.2 Å². The van der Waals surface area contributed by atoms with E-state index in [9.17, 15) is 25.2 Å². The van der Waals surface area contributed by atoms with Crippen LogP contribution in [0.1, 0.15) is 20.8 Å². The summed E-state index contributed by atoms with van der Waals surface area (Å²) in [5, 5.41) is 42.9. The number of carbonyl (C=O) groups excluding carboxylic acids is 1. The Morgan fingerprint density at radius 2 is 1.59 bits per heavy atom. The number of carbonyl (C=O) groups is 1. The van der Waals surface area contributed by atoms with E-state index in [0.29, 0.717) is 0 Å². The lowest BCUT2D eigenvalue weighted by atomic mass is 9.86. The lowest BCUT2D eigenvalue weighted by Gasteiger charge is -2.47. The topological polar surface area (TPSA) is 147 Å². The lowest BCUT2D eigenvalue weighted by Crippen LogP contribution is -2.66. The molecule has 158 valence electrons. The van der Waals surface area contributed by atoms with Gasteiger partial charge in [-0.3, -0.25) is 4.79 Å². The van der Waals surface area contributed by atoms with Crippen molar-refractivity contribution in [2.24, 2.45) is 11.8 Å². The maximum Gasteiger partial charge on any atom is 0.217 e. The highest BCUT2D eigenvalue weighted by molar-refractivity contribution is 5.73. The molecular weight excluding hydrogens is 362 g/mol. The number of hydrogen-bond donors (Lipinski definition) is 5. The molecular formula is C17H31NO9. The van der Waals surface area contributed by atoms with Crippen LogP contribution < -0.4 is 5.32 Å². The molecule has 10 atom stereocenters. The Bertz CT molecular complexity index is 491. The van der Waals surface area contributed by atoms with Crippen LogP contribution in [0.2, 0.25) is 0 Å². The van der Waals surface area contributed by atoms with Crippen molar-refractivity contribution in [3.05, 3.63) is 0 Å². The molecule has 0 saturated carbocycles. The van der Waals surface area contributed by atoms with Gasteiger partial charge in [0.15, 0.2) is 12.6 Å². The molecule has 27 heavy (non-hydrogen) atoms. The number of aliphatic hydroxyl groups excluding tert-OH is 4. The van der Waals surface area contributed by atoms with E-state index in [0.717, 1.165) is 0 Å². The van der Waals surface area contributed by atoms with E-state index in [1.165, 1.54) is 14.0 Å². The van der Waals surface area contributed by atoms with E-state index in [-0.39, 0.29) is 12.5 Å². The normalized spacial score (nSPS) is 45.5. The van der Waals surface area contributed by atoms with Crippen LogP contribution in [0.15, 0.2) is 0 Å². The summed E-state index contributed by atoms with van der Waals surface area (Å²) in [5.41, 5.74) is 0. The van der Waals surface area contributed by atoms with Crippen LogP contribution >= 0.6 is 0 Å². The highest BCUT2D eigenvalue weighted by atomic mass is 16.7. The second kappa shape index (κ2) is 9.57. The number of aliphatic hydroxyl groups is 4. The molecule has 10 heteroatoms. The first-order valence-electron chi connectivity index (χ1n) is 9.09. The molecule has 10 nitrogen and oxygen atoms in total. The molecule has 2 aliphatic heterocycles. The number of nitrogens with one attached hydrogen (secondary N) is 1. The van der Waals surface area contributed by atoms with Crippen molar-refractivity contribution in [2.45, 2.75) is 69.9 Å². The molecule has 2 rings (SSSR count). The summed E-state index contributed by atoms with van der Waals surface area (Å²) in [5.74, 6) is -1.14. The van der Waals surface area contributed by atoms with Gasteiger partial charge >= 0.3 is 0 Å². The van der Waals surface area contributed by atoms with Gasteiger partial charge in [0.1, 0.15) is 24.4 Å². The Morgan fingerprint density at radius 3 is 2.11 bits per heavy atom. The molecule has 2 fully saturated rings. The third-order valence-electron chi connectivity index (χ3n) is 5.33. The van der Waals surface area contributed by atoms with Gasteiger partial charge in [-0.15, -0.1) is 0 Å². The molecule has 0 spiro atoms. The highest BCUT2D eigenvalue weighted by Gasteiger charge is 2.49. The minimum absolute atomic E-state index is 0.293. The molecule has 0 radical (unpaired) electrons. The van der Waals surface area contributed by atoms with Gasteiger partial charge in [-0.05, 0) is 0 Å². The van der Waals surface area contributed by atoms with Crippen LogP contribution in [0.3, 0.4) is 0 Å². The van der Waals surface area contributed by atoms with E-state index in [1.54, 1.807) is 13.8 Å². The molecule has 1 amide bonds. The van der Waals surface area contributed by atoms with Gasteiger partial charge in [-0.25, -0.2) is 0 Å². The standard InChI is InChI=1S/C17H31NO9/c1-7-10(5-19)25-16(8(2)13(7)22)27-15-11(6-20)26-17(24-4)12(14(15)23)18-9(3)21/h7-8,10-17,19-20,22-23H,5-6H2,1-4H3,(H,18,21)/t7-,8?,10?,11?,12?,13+,14-,15+,16+,17-/m1/s1. The first-order chi connectivity index (χ1) is 12.7. The monoisotopic (exact) mass is 393 g/mol. The number of amides is 1. The number of hydrogen-bond acceptors (Lipinski definition) is 9. The molecule has 4 unspecified atom stereocenters. The maximum absolute atomic E-state index is 11.5. The fourth-order valence-electron chi connectivity index (χ4n) is 3.63. The first-order valence-corrected chi connectivity index (χ1v) is 9.09. The summed E-state index contributed by atoms with van der Waals surface area (Å²) in [6.45, 7) is 4.04. The fourth-order valence-corrected chi connectivity index (χ4v) is 3.63. The van der Waals surface area contributed by atoms with E-state index in [4.69, 9.17) is 18.9 Å². The lowest BCUT2D eigenvalue weighted by molar-refractivity contribution is -0.332. The molecule has 2 saturated heterocycles. The van der Waals surface area contributed by atoms with E-state index in [1.807, 2.05) is 0 Å². The maximum atomic E-state index is 11.5. The van der Waals surface area contributed by atoms with Crippen molar-refractivity contribution in [3.63, 3.8) is 0 Å². The summed E-state index contributed by atoms with van der Waals surface area (Å²) in [4.78, 5) is 11.5. The van der Waals surface area contributed by atoms with Gasteiger partial charge in [-0.1, -0.05) is 13.8 Å². The van der Waals surface area contributed by atoms with Crippen molar-refractivity contribution >= 4 is 5.91 Å². The average Bonchev–Trinajstić information content (AvgIpc) is 2.64. The molecule has 0 aromatic carbocycles. The molecule has 0 aromatic heterocycles. The Labute approximate surface area is 158 Å². The predicted molar refractivity (Wildman–Crippen MR) is 91.3 cm³/mol. The third-order valence-corrected chi connectivity index (χ3v) is 5.33. The minimum atomic E-state index is -1.26. The zero-order chi connectivity index (χ0) is 20.3. The quantitative estimate of drug-likeness (QED) is 0.344. The van der Waals surface area contributed by atoms with Gasteiger partial charge in [0.05, 0.1) is 25.4 Å². The van der Waals surface area contributed by atoms with Crippen LogP contribution in [0.5, 0.6) is 0 Å². The van der Waals surface area contributed by atoms with Gasteiger partial charge in [0, 0.05) is 25.9 Å². The third kappa shape index (κ3) is 4.77. The SMILES string of the molecule is CO[C@@H]1OC(CO)[C@H](O[C@@H]2OC(CO)[C@@H](C)[C@H](O)C2C)[C@H](O)C1NC(C)=O. The van der Waals surface area contributed by atoms with Crippen LogP contribution in [0, 0.1) is 11.8 Å². The number of ether oxygens (including phenoxy) is 4. The second-order valence-corrected chi connectivity index (χ2v) is 7.21. The largest absolute Gasteiger partial charge is 0.394 e. The zero-order valence-electron chi connectivity index (χ0n) is 16.0. The molecule has 5 N–H and O–H groups in total. The molecule has 0 bridgehead atoms. The van der Waals surface area contributed by atoms with Crippen molar-refractivity contribution in [1.82, 2.24) is 5.32 Å². The smallest absolute Gasteiger partial charge is 0.217 e. The summed E-state index contributed by atoms with van der Waals surface area (Å²) < 4.78 is 22.4. The van der Waals surface area contributed by atoms with Gasteiger partial charge in [0.25, 0.3) is 0 Å². The fraction of sp³-hybridized carbons (Fsp3) is 0.941. The van der Waals surface area contributed by atoms with Crippen LogP contribution in [0.25, 0.3) is 0 Å². The van der Waals surface area contributed by atoms with E-state index < -0.39 is 67.6 Å². The molecule has 2 aliphatic rings. The molecule has 0 aromatic rings. The Balaban J connectivity index is 2.19. The van der Waals surface area contributed by atoms with Crippen LogP contribution in [0.4, 0.5) is 0 Å². The van der Waals surface area contributed by atoms with Crippen molar-refractivity contribution in [1.29, 1.82) is 0 Å². The zero-order valence-corrected chi connectivity index (χ0v) is 16.0. The summed E-state index contributed by atoms with van der Waals surface area (Å²) in [7, 11) is 1.36. The van der Waals surface area contributed by atoms with Crippen molar-refractivity contribution in [2.75, 3.05) is 20.3 Å². The second-order valence-electron chi connectivity index (χ2n) is 7.21. The Morgan fingerprint density at radius 1 is 1.00 bits per heavy atom. The molecule has 0 aliphatic carbocycles. The van der Waals surface area contributed by atoms with Gasteiger partial charge < -0.3 is 44.7 Å². The minimum Gasteiger partial charge on any atom is -0.394 e. The first kappa shape index (κ1) is 22.4. The predicted octanol–water partition coefficient (Wildman–Crippen LogP) is -2.05.